The Morgan fingerprint density at radius 1 is 1.11 bits per heavy atom. The third-order valence-electron chi connectivity index (χ3n) is 3.96. The van der Waals surface area contributed by atoms with Crippen LogP contribution < -0.4 is 20.1 Å². The van der Waals surface area contributed by atoms with Gasteiger partial charge < -0.3 is 25.2 Å². The van der Waals surface area contributed by atoms with E-state index in [0.29, 0.717) is 35.1 Å². The maximum Gasteiger partial charge on any atom is 0.191 e. The number of hydrogen-bond acceptors (Lipinski definition) is 4. The van der Waals surface area contributed by atoms with Gasteiger partial charge in [0.05, 0.1) is 26.9 Å². The minimum Gasteiger partial charge on any atom is -0.493 e. The fourth-order valence-corrected chi connectivity index (χ4v) is 2.50. The summed E-state index contributed by atoms with van der Waals surface area (Å²) in [6.07, 6.45) is -0.776. The molecule has 0 saturated carbocycles. The number of methoxy groups -OCH3 is 2. The van der Waals surface area contributed by atoms with Crippen molar-refractivity contribution in [3.63, 3.8) is 0 Å². The fourth-order valence-electron chi connectivity index (χ4n) is 2.50. The highest BCUT2D eigenvalue weighted by molar-refractivity contribution is 14.0. The smallest absolute Gasteiger partial charge is 0.191 e. The van der Waals surface area contributed by atoms with Gasteiger partial charge in [0.25, 0.3) is 0 Å². The van der Waals surface area contributed by atoms with E-state index in [1.807, 2.05) is 6.92 Å². The SMILES string of the molecule is CCNC(=NCc1ccccc1F)NCC(O)c1ccc(OC)c(OC)c1.I. The van der Waals surface area contributed by atoms with E-state index >= 15 is 0 Å². The number of aliphatic imine (C=N–C) groups is 1. The van der Waals surface area contributed by atoms with E-state index in [9.17, 15) is 9.50 Å². The van der Waals surface area contributed by atoms with E-state index in [1.165, 1.54) is 6.07 Å². The zero-order valence-corrected chi connectivity index (χ0v) is 18.6. The maximum absolute atomic E-state index is 13.7. The van der Waals surface area contributed by atoms with Crippen LogP contribution >= 0.6 is 24.0 Å². The predicted octanol–water partition coefficient (Wildman–Crippen LogP) is 3.25. The average molecular weight is 503 g/mol. The Morgan fingerprint density at radius 2 is 1.82 bits per heavy atom. The summed E-state index contributed by atoms with van der Waals surface area (Å²) in [4.78, 5) is 4.37. The summed E-state index contributed by atoms with van der Waals surface area (Å²) >= 11 is 0. The first-order valence-electron chi connectivity index (χ1n) is 8.74. The molecule has 6 nitrogen and oxygen atoms in total. The van der Waals surface area contributed by atoms with Crippen molar-refractivity contribution < 1.29 is 19.0 Å². The number of rotatable bonds is 8. The standard InChI is InChI=1S/C20H26FN3O3.HI/c1-4-22-20(23-12-15-7-5-6-8-16(15)21)24-13-17(25)14-9-10-18(26-2)19(11-14)27-3;/h5-11,17,25H,4,12-13H2,1-3H3,(H2,22,23,24);1H. The topological polar surface area (TPSA) is 75.1 Å². The van der Waals surface area contributed by atoms with Crippen LogP contribution in [0.2, 0.25) is 0 Å². The van der Waals surface area contributed by atoms with Crippen molar-refractivity contribution >= 4 is 29.9 Å². The Balaban J connectivity index is 0.00000392. The third-order valence-corrected chi connectivity index (χ3v) is 3.96. The second-order valence-corrected chi connectivity index (χ2v) is 5.80. The molecule has 2 aromatic rings. The molecule has 0 saturated heterocycles. The predicted molar refractivity (Wildman–Crippen MR) is 119 cm³/mol. The number of hydrogen-bond donors (Lipinski definition) is 3. The molecule has 0 amide bonds. The summed E-state index contributed by atoms with van der Waals surface area (Å²) in [5.74, 6) is 1.36. The van der Waals surface area contributed by atoms with Gasteiger partial charge in [-0.15, -0.1) is 24.0 Å². The van der Waals surface area contributed by atoms with Crippen molar-refractivity contribution in [2.75, 3.05) is 27.3 Å². The first-order chi connectivity index (χ1) is 13.1. The largest absolute Gasteiger partial charge is 0.493 e. The number of benzene rings is 2. The van der Waals surface area contributed by atoms with Gasteiger partial charge in [-0.25, -0.2) is 9.38 Å². The number of guanidine groups is 1. The molecule has 3 N–H and O–H groups in total. The first kappa shape index (κ1) is 24.0. The Morgan fingerprint density at radius 3 is 2.46 bits per heavy atom. The Labute approximate surface area is 182 Å². The highest BCUT2D eigenvalue weighted by atomic mass is 127. The molecule has 1 unspecified atom stereocenters. The number of ether oxygens (including phenoxy) is 2. The van der Waals surface area contributed by atoms with Gasteiger partial charge in [-0.2, -0.15) is 0 Å². The maximum atomic E-state index is 13.7. The molecular formula is C20H27FIN3O3. The lowest BCUT2D eigenvalue weighted by molar-refractivity contribution is 0.180. The van der Waals surface area contributed by atoms with Gasteiger partial charge in [0.2, 0.25) is 0 Å². The Kier molecular flexibility index (Phi) is 10.6. The van der Waals surface area contributed by atoms with Crippen LogP contribution in [0.4, 0.5) is 4.39 Å². The van der Waals surface area contributed by atoms with Crippen LogP contribution in [0.15, 0.2) is 47.5 Å². The van der Waals surface area contributed by atoms with Crippen molar-refractivity contribution in [1.82, 2.24) is 10.6 Å². The van der Waals surface area contributed by atoms with Crippen LogP contribution in [-0.2, 0) is 6.54 Å². The molecule has 1 atom stereocenters. The molecule has 154 valence electrons. The molecule has 2 aromatic carbocycles. The summed E-state index contributed by atoms with van der Waals surface area (Å²) < 4.78 is 24.2. The molecule has 0 fully saturated rings. The zero-order valence-electron chi connectivity index (χ0n) is 16.2. The third kappa shape index (κ3) is 6.83. The molecule has 0 heterocycles. The van der Waals surface area contributed by atoms with Crippen molar-refractivity contribution in [2.45, 2.75) is 19.6 Å². The normalized spacial score (nSPS) is 12.0. The molecule has 0 aliphatic carbocycles. The minimum absolute atomic E-state index is 0. The van der Waals surface area contributed by atoms with Crippen LogP contribution in [0.25, 0.3) is 0 Å². The lowest BCUT2D eigenvalue weighted by Gasteiger charge is -2.17. The molecule has 0 spiro atoms. The van der Waals surface area contributed by atoms with Crippen molar-refractivity contribution in [3.8, 4) is 11.5 Å². The second-order valence-electron chi connectivity index (χ2n) is 5.80. The van der Waals surface area contributed by atoms with Crippen LogP contribution in [0, 0.1) is 5.82 Å². The van der Waals surface area contributed by atoms with Gasteiger partial charge >= 0.3 is 0 Å². The highest BCUT2D eigenvalue weighted by Gasteiger charge is 2.12. The molecule has 2 rings (SSSR count). The molecule has 0 aromatic heterocycles. The summed E-state index contributed by atoms with van der Waals surface area (Å²) in [5, 5.41) is 16.6. The van der Waals surface area contributed by atoms with Crippen LogP contribution in [0.1, 0.15) is 24.2 Å². The minimum atomic E-state index is -0.776. The lowest BCUT2D eigenvalue weighted by atomic mass is 10.1. The van der Waals surface area contributed by atoms with E-state index < -0.39 is 6.10 Å². The van der Waals surface area contributed by atoms with Gasteiger partial charge in [0, 0.05) is 18.7 Å². The van der Waals surface area contributed by atoms with Gasteiger partial charge in [-0.05, 0) is 30.7 Å². The summed E-state index contributed by atoms with van der Waals surface area (Å²) in [6.45, 7) is 3.02. The van der Waals surface area contributed by atoms with E-state index in [0.717, 1.165) is 0 Å². The van der Waals surface area contributed by atoms with E-state index in [4.69, 9.17) is 9.47 Å². The number of aliphatic hydroxyl groups excluding tert-OH is 1. The summed E-state index contributed by atoms with van der Waals surface area (Å²) in [5.41, 5.74) is 1.19. The molecule has 8 heteroatoms. The Hall–Kier alpha value is -2.07. The fraction of sp³-hybridized carbons (Fsp3) is 0.350. The van der Waals surface area contributed by atoms with Crippen molar-refractivity contribution in [2.24, 2.45) is 4.99 Å². The zero-order chi connectivity index (χ0) is 19.6. The molecule has 28 heavy (non-hydrogen) atoms. The molecule has 0 bridgehead atoms. The van der Waals surface area contributed by atoms with Gasteiger partial charge in [-0.1, -0.05) is 24.3 Å². The lowest BCUT2D eigenvalue weighted by Crippen LogP contribution is -2.39. The number of aliphatic hydroxyl groups is 1. The molecule has 0 radical (unpaired) electrons. The quantitative estimate of drug-likeness (QED) is 0.293. The molecule has 0 aliphatic rings. The number of halogens is 2. The van der Waals surface area contributed by atoms with E-state index in [-0.39, 0.29) is 42.9 Å². The number of nitrogens with zero attached hydrogens (tertiary/aromatic N) is 1. The average Bonchev–Trinajstić information content (AvgIpc) is 2.70. The van der Waals surface area contributed by atoms with Gasteiger partial charge in [0.15, 0.2) is 17.5 Å². The van der Waals surface area contributed by atoms with Crippen molar-refractivity contribution in [3.05, 3.63) is 59.4 Å². The second kappa shape index (κ2) is 12.4. The van der Waals surface area contributed by atoms with Gasteiger partial charge in [-0.3, -0.25) is 0 Å². The van der Waals surface area contributed by atoms with E-state index in [2.05, 4.69) is 15.6 Å². The number of nitrogens with one attached hydrogen (secondary N) is 2. The summed E-state index contributed by atoms with van der Waals surface area (Å²) in [6, 6.07) is 11.8. The van der Waals surface area contributed by atoms with Crippen LogP contribution in [-0.4, -0.2) is 38.4 Å². The van der Waals surface area contributed by atoms with Crippen molar-refractivity contribution in [1.29, 1.82) is 0 Å². The van der Waals surface area contributed by atoms with Crippen LogP contribution in [0.3, 0.4) is 0 Å². The van der Waals surface area contributed by atoms with E-state index in [1.54, 1.807) is 50.6 Å². The first-order valence-corrected chi connectivity index (χ1v) is 8.74. The highest BCUT2D eigenvalue weighted by Crippen LogP contribution is 2.29. The van der Waals surface area contributed by atoms with Gasteiger partial charge in [0.1, 0.15) is 5.82 Å². The Bertz CT molecular complexity index is 774. The van der Waals surface area contributed by atoms with Crippen LogP contribution in [0.5, 0.6) is 11.5 Å². The monoisotopic (exact) mass is 503 g/mol. The summed E-state index contributed by atoms with van der Waals surface area (Å²) in [7, 11) is 3.11. The molecular weight excluding hydrogens is 476 g/mol. The molecule has 0 aliphatic heterocycles.